The molecule has 3 rings (SSSR count). The average molecular weight is 392 g/mol. The Hall–Kier alpha value is -2.62. The SMILES string of the molecule is Cc1cc2c(cc1/C=N\NC(=O)Cc1ccccc1)[C@H](C)CC(C)(C)N2C(C)C. The van der Waals surface area contributed by atoms with Crippen LogP contribution in [0.25, 0.3) is 0 Å². The number of carbonyl (C=O) groups excluding carboxylic acids is 1. The van der Waals surface area contributed by atoms with Gasteiger partial charge in [0, 0.05) is 17.3 Å². The summed E-state index contributed by atoms with van der Waals surface area (Å²) in [6.45, 7) is 13.6. The molecule has 0 bridgehead atoms. The maximum atomic E-state index is 12.1. The molecule has 2 aromatic rings. The third-order valence-corrected chi connectivity index (χ3v) is 5.78. The van der Waals surface area contributed by atoms with E-state index in [1.165, 1.54) is 16.8 Å². The first-order valence-corrected chi connectivity index (χ1v) is 10.5. The number of fused-ring (bicyclic) bond motifs is 1. The summed E-state index contributed by atoms with van der Waals surface area (Å²) < 4.78 is 0. The molecular formula is C25H33N3O. The van der Waals surface area contributed by atoms with Crippen molar-refractivity contribution in [3.63, 3.8) is 0 Å². The van der Waals surface area contributed by atoms with Gasteiger partial charge in [0.2, 0.25) is 5.91 Å². The third kappa shape index (κ3) is 4.69. The van der Waals surface area contributed by atoms with Gasteiger partial charge in [-0.1, -0.05) is 37.3 Å². The average Bonchev–Trinajstić information content (AvgIpc) is 2.62. The number of nitrogens with one attached hydrogen (secondary N) is 1. The van der Waals surface area contributed by atoms with Gasteiger partial charge in [0.05, 0.1) is 12.6 Å². The van der Waals surface area contributed by atoms with E-state index in [0.29, 0.717) is 18.4 Å². The second-order valence-corrected chi connectivity index (χ2v) is 9.10. The highest BCUT2D eigenvalue weighted by molar-refractivity contribution is 5.86. The molecule has 4 nitrogen and oxygen atoms in total. The van der Waals surface area contributed by atoms with Crippen molar-refractivity contribution in [1.29, 1.82) is 0 Å². The standard InChI is InChI=1S/C25H33N3O/c1-17(2)28-23-12-18(3)21(14-22(23)19(4)15-25(28,5)6)16-26-27-24(29)13-20-10-8-7-9-11-20/h7-12,14,16-17,19H,13,15H2,1-6H3,(H,27,29)/b26-16-/t19-/m1/s1. The summed E-state index contributed by atoms with van der Waals surface area (Å²) in [5.41, 5.74) is 8.68. The van der Waals surface area contributed by atoms with Crippen LogP contribution in [-0.2, 0) is 11.2 Å². The normalized spacial score (nSPS) is 18.2. The summed E-state index contributed by atoms with van der Waals surface area (Å²) in [5, 5.41) is 4.22. The highest BCUT2D eigenvalue weighted by atomic mass is 16.2. The second kappa shape index (κ2) is 8.40. The van der Waals surface area contributed by atoms with Gasteiger partial charge in [-0.15, -0.1) is 0 Å². The van der Waals surface area contributed by atoms with Gasteiger partial charge in [0.15, 0.2) is 0 Å². The van der Waals surface area contributed by atoms with Crippen molar-refractivity contribution in [2.24, 2.45) is 5.10 Å². The fourth-order valence-corrected chi connectivity index (χ4v) is 4.72. The highest BCUT2D eigenvalue weighted by Crippen LogP contribution is 2.45. The fourth-order valence-electron chi connectivity index (χ4n) is 4.72. The lowest BCUT2D eigenvalue weighted by Crippen LogP contribution is -2.51. The molecule has 29 heavy (non-hydrogen) atoms. The largest absolute Gasteiger partial charge is 0.364 e. The smallest absolute Gasteiger partial charge is 0.244 e. The van der Waals surface area contributed by atoms with Crippen LogP contribution in [-0.4, -0.2) is 23.7 Å². The minimum Gasteiger partial charge on any atom is -0.364 e. The van der Waals surface area contributed by atoms with Gasteiger partial charge in [-0.3, -0.25) is 4.79 Å². The lowest BCUT2D eigenvalue weighted by Gasteiger charge is -2.50. The zero-order chi connectivity index (χ0) is 21.2. The van der Waals surface area contributed by atoms with Crippen molar-refractivity contribution in [2.45, 2.75) is 71.9 Å². The first kappa shape index (κ1) is 21.1. The Balaban J connectivity index is 1.79. The number of nitrogens with zero attached hydrogens (tertiary/aromatic N) is 2. The number of aryl methyl sites for hydroxylation is 1. The van der Waals surface area contributed by atoms with E-state index in [9.17, 15) is 4.79 Å². The zero-order valence-corrected chi connectivity index (χ0v) is 18.5. The molecule has 0 unspecified atom stereocenters. The minimum absolute atomic E-state index is 0.107. The van der Waals surface area contributed by atoms with Gasteiger partial charge in [0.1, 0.15) is 0 Å². The first-order chi connectivity index (χ1) is 13.7. The Labute approximate surface area is 175 Å². The van der Waals surface area contributed by atoms with Crippen molar-refractivity contribution in [3.05, 3.63) is 64.7 Å². The molecular weight excluding hydrogens is 358 g/mol. The number of hydrazone groups is 1. The summed E-state index contributed by atoms with van der Waals surface area (Å²) in [6, 6.07) is 14.7. The monoisotopic (exact) mass is 391 g/mol. The van der Waals surface area contributed by atoms with Crippen molar-refractivity contribution < 1.29 is 4.79 Å². The Bertz CT molecular complexity index is 900. The molecule has 0 radical (unpaired) electrons. The Morgan fingerprint density at radius 3 is 2.62 bits per heavy atom. The van der Waals surface area contributed by atoms with Gasteiger partial charge in [-0.2, -0.15) is 5.10 Å². The Morgan fingerprint density at radius 2 is 1.97 bits per heavy atom. The number of carbonyl (C=O) groups is 1. The fraction of sp³-hybridized carbons (Fsp3) is 0.440. The molecule has 0 saturated carbocycles. The molecule has 1 N–H and O–H groups in total. The van der Waals surface area contributed by atoms with Crippen molar-refractivity contribution in [3.8, 4) is 0 Å². The van der Waals surface area contributed by atoms with Gasteiger partial charge in [0.25, 0.3) is 0 Å². The lowest BCUT2D eigenvalue weighted by atomic mass is 9.78. The number of benzene rings is 2. The van der Waals surface area contributed by atoms with Crippen LogP contribution in [0, 0.1) is 6.92 Å². The minimum atomic E-state index is -0.107. The summed E-state index contributed by atoms with van der Waals surface area (Å²) in [5.74, 6) is 0.375. The van der Waals surface area contributed by atoms with Crippen molar-refractivity contribution in [2.75, 3.05) is 4.90 Å². The van der Waals surface area contributed by atoms with Crippen molar-refractivity contribution in [1.82, 2.24) is 5.43 Å². The lowest BCUT2D eigenvalue weighted by molar-refractivity contribution is -0.120. The molecule has 1 aliphatic heterocycles. The molecule has 2 aromatic carbocycles. The van der Waals surface area contributed by atoms with Crippen LogP contribution in [0.1, 0.15) is 69.2 Å². The number of amides is 1. The Kier molecular flexibility index (Phi) is 6.11. The summed E-state index contributed by atoms with van der Waals surface area (Å²) in [4.78, 5) is 14.7. The number of hydrogen-bond acceptors (Lipinski definition) is 3. The van der Waals surface area contributed by atoms with E-state index in [2.05, 4.69) is 69.1 Å². The van der Waals surface area contributed by atoms with Gasteiger partial charge >= 0.3 is 0 Å². The van der Waals surface area contributed by atoms with Crippen LogP contribution in [0.5, 0.6) is 0 Å². The van der Waals surface area contributed by atoms with Crippen molar-refractivity contribution >= 4 is 17.8 Å². The molecule has 1 aliphatic rings. The molecule has 1 heterocycles. The molecule has 0 aromatic heterocycles. The van der Waals surface area contributed by atoms with Crippen LogP contribution in [0.3, 0.4) is 0 Å². The maximum Gasteiger partial charge on any atom is 0.244 e. The van der Waals surface area contributed by atoms with Crippen LogP contribution in [0.4, 0.5) is 5.69 Å². The highest BCUT2D eigenvalue weighted by Gasteiger charge is 2.37. The van der Waals surface area contributed by atoms with E-state index >= 15 is 0 Å². The molecule has 0 fully saturated rings. The molecule has 154 valence electrons. The van der Waals surface area contributed by atoms with E-state index in [1.807, 2.05) is 30.3 Å². The maximum absolute atomic E-state index is 12.1. The predicted octanol–water partition coefficient (Wildman–Crippen LogP) is 5.19. The summed E-state index contributed by atoms with van der Waals surface area (Å²) in [6.07, 6.45) is 3.22. The van der Waals surface area contributed by atoms with E-state index in [4.69, 9.17) is 0 Å². The molecule has 4 heteroatoms. The quantitative estimate of drug-likeness (QED) is 0.563. The number of hydrogen-bond donors (Lipinski definition) is 1. The summed E-state index contributed by atoms with van der Waals surface area (Å²) in [7, 11) is 0. The molecule has 0 aliphatic carbocycles. The topological polar surface area (TPSA) is 44.7 Å². The van der Waals surface area contributed by atoms with Crippen LogP contribution in [0.15, 0.2) is 47.6 Å². The molecule has 0 spiro atoms. The van der Waals surface area contributed by atoms with Gasteiger partial charge in [-0.05, 0) is 81.3 Å². The van der Waals surface area contributed by atoms with E-state index < -0.39 is 0 Å². The van der Waals surface area contributed by atoms with E-state index in [1.54, 1.807) is 6.21 Å². The molecule has 1 amide bonds. The second-order valence-electron chi connectivity index (χ2n) is 9.10. The molecule has 0 saturated heterocycles. The predicted molar refractivity (Wildman–Crippen MR) is 122 cm³/mol. The zero-order valence-electron chi connectivity index (χ0n) is 18.5. The van der Waals surface area contributed by atoms with E-state index in [-0.39, 0.29) is 11.4 Å². The van der Waals surface area contributed by atoms with Gasteiger partial charge < -0.3 is 4.90 Å². The Morgan fingerprint density at radius 1 is 1.28 bits per heavy atom. The number of rotatable bonds is 5. The summed E-state index contributed by atoms with van der Waals surface area (Å²) >= 11 is 0. The van der Waals surface area contributed by atoms with Crippen LogP contribution < -0.4 is 10.3 Å². The van der Waals surface area contributed by atoms with E-state index in [0.717, 1.165) is 17.5 Å². The number of anilines is 1. The third-order valence-electron chi connectivity index (χ3n) is 5.78. The van der Waals surface area contributed by atoms with Crippen LogP contribution in [0.2, 0.25) is 0 Å². The molecule has 1 atom stereocenters. The first-order valence-electron chi connectivity index (χ1n) is 10.5. The van der Waals surface area contributed by atoms with Gasteiger partial charge in [-0.25, -0.2) is 5.43 Å². The van der Waals surface area contributed by atoms with Crippen LogP contribution >= 0.6 is 0 Å².